The van der Waals surface area contributed by atoms with Crippen molar-refractivity contribution in [1.29, 1.82) is 0 Å². The SMILES string of the molecule is Cc1nnnn1-c1ccc(F)c(NC(=O)c2cc(C)n(-c3cccc(Cl)c3)c2C)c1. The van der Waals surface area contributed by atoms with E-state index in [2.05, 4.69) is 20.8 Å². The molecule has 0 aliphatic heterocycles. The zero-order valence-electron chi connectivity index (χ0n) is 16.5. The maximum absolute atomic E-state index is 14.4. The van der Waals surface area contributed by atoms with E-state index in [1.54, 1.807) is 25.1 Å². The van der Waals surface area contributed by atoms with E-state index >= 15 is 0 Å². The Kier molecular flexibility index (Phi) is 5.09. The smallest absolute Gasteiger partial charge is 0.257 e. The van der Waals surface area contributed by atoms with E-state index in [-0.39, 0.29) is 5.69 Å². The van der Waals surface area contributed by atoms with Gasteiger partial charge >= 0.3 is 0 Å². The molecule has 0 bridgehead atoms. The lowest BCUT2D eigenvalue weighted by molar-refractivity contribution is 0.102. The number of amides is 1. The third-order valence-electron chi connectivity index (χ3n) is 4.81. The van der Waals surface area contributed by atoms with E-state index in [0.29, 0.717) is 22.1 Å². The molecule has 152 valence electrons. The van der Waals surface area contributed by atoms with Crippen LogP contribution in [0.5, 0.6) is 0 Å². The molecule has 7 nitrogen and oxygen atoms in total. The van der Waals surface area contributed by atoms with E-state index in [9.17, 15) is 9.18 Å². The van der Waals surface area contributed by atoms with Crippen LogP contribution in [0.25, 0.3) is 11.4 Å². The number of hydrogen-bond acceptors (Lipinski definition) is 4. The van der Waals surface area contributed by atoms with Crippen molar-refractivity contribution in [2.24, 2.45) is 0 Å². The number of carbonyl (C=O) groups excluding carboxylic acids is 1. The van der Waals surface area contributed by atoms with Gasteiger partial charge in [-0.25, -0.2) is 4.39 Å². The number of aryl methyl sites for hydroxylation is 2. The van der Waals surface area contributed by atoms with Crippen LogP contribution in [0.3, 0.4) is 0 Å². The van der Waals surface area contributed by atoms with Gasteiger partial charge in [0.05, 0.1) is 16.9 Å². The van der Waals surface area contributed by atoms with Gasteiger partial charge in [-0.2, -0.15) is 4.68 Å². The maximum Gasteiger partial charge on any atom is 0.257 e. The fourth-order valence-corrected chi connectivity index (χ4v) is 3.59. The summed E-state index contributed by atoms with van der Waals surface area (Å²) < 4.78 is 17.8. The zero-order chi connectivity index (χ0) is 21.4. The van der Waals surface area contributed by atoms with E-state index in [0.717, 1.165) is 17.1 Å². The van der Waals surface area contributed by atoms with Gasteiger partial charge in [0.15, 0.2) is 5.82 Å². The topological polar surface area (TPSA) is 77.6 Å². The number of anilines is 1. The molecule has 0 atom stereocenters. The summed E-state index contributed by atoms with van der Waals surface area (Å²) in [5, 5.41) is 14.5. The fraction of sp³-hybridized carbons (Fsp3) is 0.143. The molecule has 2 heterocycles. The molecule has 9 heteroatoms. The van der Waals surface area contributed by atoms with Crippen molar-refractivity contribution in [3.05, 3.63) is 82.1 Å². The van der Waals surface area contributed by atoms with Gasteiger partial charge in [-0.1, -0.05) is 17.7 Å². The highest BCUT2D eigenvalue weighted by molar-refractivity contribution is 6.30. The van der Waals surface area contributed by atoms with Crippen LogP contribution in [0.2, 0.25) is 5.02 Å². The second-order valence-electron chi connectivity index (χ2n) is 6.86. The van der Waals surface area contributed by atoms with Gasteiger partial charge in [-0.05, 0) is 73.7 Å². The molecule has 1 N–H and O–H groups in total. The number of halogens is 2. The predicted molar refractivity (Wildman–Crippen MR) is 112 cm³/mol. The van der Waals surface area contributed by atoms with Gasteiger partial charge in [0.2, 0.25) is 0 Å². The molecule has 0 spiro atoms. The molecule has 4 rings (SSSR count). The standard InChI is InChI=1S/C21H18ClFN6O/c1-12-9-18(13(2)28(12)16-6-4-5-15(22)10-16)21(30)24-20-11-17(7-8-19(20)23)29-14(3)25-26-27-29/h4-11H,1-3H3,(H,24,30). The Bertz CT molecular complexity index is 1260. The summed E-state index contributed by atoms with van der Waals surface area (Å²) in [6.07, 6.45) is 0. The van der Waals surface area contributed by atoms with Gasteiger partial charge in [0, 0.05) is 22.1 Å². The molecule has 2 aromatic heterocycles. The zero-order valence-corrected chi connectivity index (χ0v) is 17.3. The Labute approximate surface area is 177 Å². The molecule has 0 fully saturated rings. The predicted octanol–water partition coefficient (Wildman–Crippen LogP) is 4.42. The molecule has 1 amide bonds. The Morgan fingerprint density at radius 2 is 1.87 bits per heavy atom. The number of nitrogens with zero attached hydrogens (tertiary/aromatic N) is 5. The normalized spacial score (nSPS) is 11.0. The number of benzene rings is 2. The van der Waals surface area contributed by atoms with Gasteiger partial charge in [0.25, 0.3) is 5.91 Å². The summed E-state index contributed by atoms with van der Waals surface area (Å²) in [6.45, 7) is 5.46. The van der Waals surface area contributed by atoms with Crippen molar-refractivity contribution in [2.45, 2.75) is 20.8 Å². The van der Waals surface area contributed by atoms with Gasteiger partial charge in [-0.3, -0.25) is 4.79 Å². The molecule has 0 saturated heterocycles. The van der Waals surface area contributed by atoms with Crippen LogP contribution >= 0.6 is 11.6 Å². The summed E-state index contributed by atoms with van der Waals surface area (Å²) >= 11 is 6.11. The van der Waals surface area contributed by atoms with E-state index in [4.69, 9.17) is 11.6 Å². The second-order valence-corrected chi connectivity index (χ2v) is 7.29. The third-order valence-corrected chi connectivity index (χ3v) is 5.05. The van der Waals surface area contributed by atoms with Crippen molar-refractivity contribution in [3.8, 4) is 11.4 Å². The molecule has 0 aliphatic carbocycles. The first kappa shape index (κ1) is 19.8. The van der Waals surface area contributed by atoms with Crippen molar-refractivity contribution in [1.82, 2.24) is 24.8 Å². The maximum atomic E-state index is 14.4. The van der Waals surface area contributed by atoms with Gasteiger partial charge in [-0.15, -0.1) is 5.10 Å². The molecule has 30 heavy (non-hydrogen) atoms. The number of tetrazole rings is 1. The largest absolute Gasteiger partial charge is 0.319 e. The highest BCUT2D eigenvalue weighted by atomic mass is 35.5. The average Bonchev–Trinajstić information content (AvgIpc) is 3.26. The third kappa shape index (κ3) is 3.57. The van der Waals surface area contributed by atoms with Crippen molar-refractivity contribution in [3.63, 3.8) is 0 Å². The quantitative estimate of drug-likeness (QED) is 0.526. The molecule has 0 saturated carbocycles. The number of rotatable bonds is 4. The van der Waals surface area contributed by atoms with E-state index in [1.165, 1.54) is 16.8 Å². The lowest BCUT2D eigenvalue weighted by atomic mass is 10.2. The number of carbonyl (C=O) groups is 1. The van der Waals surface area contributed by atoms with Crippen LogP contribution in [-0.2, 0) is 0 Å². The number of hydrogen-bond donors (Lipinski definition) is 1. The summed E-state index contributed by atoms with van der Waals surface area (Å²) in [5.74, 6) is -0.425. The van der Waals surface area contributed by atoms with Crippen molar-refractivity contribution in [2.75, 3.05) is 5.32 Å². The van der Waals surface area contributed by atoms with Crippen LogP contribution in [0, 0.1) is 26.6 Å². The molecule has 4 aromatic rings. The first-order valence-electron chi connectivity index (χ1n) is 9.16. The fourth-order valence-electron chi connectivity index (χ4n) is 3.41. The molecule has 0 unspecified atom stereocenters. The first-order chi connectivity index (χ1) is 14.3. The highest BCUT2D eigenvalue weighted by Crippen LogP contribution is 2.25. The summed E-state index contributed by atoms with van der Waals surface area (Å²) in [7, 11) is 0. The Morgan fingerprint density at radius 1 is 1.07 bits per heavy atom. The van der Waals surface area contributed by atoms with Gasteiger partial charge in [0.1, 0.15) is 5.82 Å². The van der Waals surface area contributed by atoms with E-state index < -0.39 is 11.7 Å². The molecular formula is C21H18ClFN6O. The Hall–Kier alpha value is -3.52. The summed E-state index contributed by atoms with van der Waals surface area (Å²) in [5.41, 5.74) is 3.45. The number of aromatic nitrogens is 5. The summed E-state index contributed by atoms with van der Waals surface area (Å²) in [4.78, 5) is 13.0. The lowest BCUT2D eigenvalue weighted by Crippen LogP contribution is -2.14. The van der Waals surface area contributed by atoms with E-state index in [1.807, 2.05) is 36.6 Å². The lowest BCUT2D eigenvalue weighted by Gasteiger charge is -2.11. The molecular weight excluding hydrogens is 407 g/mol. The van der Waals surface area contributed by atoms with Crippen LogP contribution in [0.15, 0.2) is 48.5 Å². The average molecular weight is 425 g/mol. The minimum Gasteiger partial charge on any atom is -0.319 e. The monoisotopic (exact) mass is 424 g/mol. The van der Waals surface area contributed by atoms with Crippen molar-refractivity contribution >= 4 is 23.2 Å². The highest BCUT2D eigenvalue weighted by Gasteiger charge is 2.19. The summed E-state index contributed by atoms with van der Waals surface area (Å²) in [6, 6.07) is 13.4. The van der Waals surface area contributed by atoms with Crippen LogP contribution in [-0.4, -0.2) is 30.7 Å². The molecule has 2 aromatic carbocycles. The Balaban J connectivity index is 1.67. The molecule has 0 aliphatic rings. The minimum absolute atomic E-state index is 0.0416. The second kappa shape index (κ2) is 7.72. The van der Waals surface area contributed by atoms with Crippen LogP contribution < -0.4 is 5.32 Å². The minimum atomic E-state index is -0.554. The van der Waals surface area contributed by atoms with Crippen LogP contribution in [0.1, 0.15) is 27.6 Å². The number of nitrogens with one attached hydrogen (secondary N) is 1. The Morgan fingerprint density at radius 3 is 2.57 bits per heavy atom. The van der Waals surface area contributed by atoms with Crippen LogP contribution in [0.4, 0.5) is 10.1 Å². The first-order valence-corrected chi connectivity index (χ1v) is 9.54. The van der Waals surface area contributed by atoms with Crippen molar-refractivity contribution < 1.29 is 9.18 Å². The van der Waals surface area contributed by atoms with Gasteiger partial charge < -0.3 is 9.88 Å². The molecule has 0 radical (unpaired) electrons.